The van der Waals surface area contributed by atoms with Crippen molar-refractivity contribution in [3.63, 3.8) is 0 Å². The summed E-state index contributed by atoms with van der Waals surface area (Å²) in [4.78, 5) is 0. The van der Waals surface area contributed by atoms with Gasteiger partial charge in [0, 0.05) is 20.2 Å². The molecule has 0 aliphatic heterocycles. The fourth-order valence-corrected chi connectivity index (χ4v) is 1.50. The molecule has 0 radical (unpaired) electrons. The molecule has 0 fully saturated rings. The summed E-state index contributed by atoms with van der Waals surface area (Å²) in [5.41, 5.74) is 0. The maximum absolute atomic E-state index is 5.15. The van der Waals surface area contributed by atoms with Crippen LogP contribution in [-0.2, 0) is 18.3 Å². The summed E-state index contributed by atoms with van der Waals surface area (Å²) < 4.78 is 7.07. The first kappa shape index (κ1) is 12.1. The summed E-state index contributed by atoms with van der Waals surface area (Å²) in [6.07, 6.45) is 3.98. The SMILES string of the molecule is CCCC(COC)NCc1nncn1C. The van der Waals surface area contributed by atoms with E-state index in [0.29, 0.717) is 6.04 Å². The number of nitrogens with one attached hydrogen (secondary N) is 1. The van der Waals surface area contributed by atoms with Gasteiger partial charge in [-0.15, -0.1) is 10.2 Å². The minimum Gasteiger partial charge on any atom is -0.383 e. The molecule has 0 aliphatic carbocycles. The average Bonchev–Trinajstić information content (AvgIpc) is 2.61. The molecular formula is C10H20N4O. The van der Waals surface area contributed by atoms with Crippen molar-refractivity contribution in [3.8, 4) is 0 Å². The summed E-state index contributed by atoms with van der Waals surface area (Å²) in [7, 11) is 3.68. The standard InChI is InChI=1S/C10H20N4O/c1-4-5-9(7-15-3)11-6-10-13-12-8-14(10)2/h8-9,11H,4-7H2,1-3H3. The lowest BCUT2D eigenvalue weighted by atomic mass is 10.2. The molecule has 1 heterocycles. The molecular weight excluding hydrogens is 192 g/mol. The molecule has 1 aromatic rings. The van der Waals surface area contributed by atoms with Crippen LogP contribution in [0.3, 0.4) is 0 Å². The van der Waals surface area contributed by atoms with Crippen molar-refractivity contribution in [2.45, 2.75) is 32.4 Å². The molecule has 86 valence electrons. The molecule has 1 rings (SSSR count). The third-order valence-corrected chi connectivity index (χ3v) is 2.36. The average molecular weight is 212 g/mol. The van der Waals surface area contributed by atoms with Gasteiger partial charge in [0.2, 0.25) is 0 Å². The van der Waals surface area contributed by atoms with Crippen LogP contribution in [0.5, 0.6) is 0 Å². The van der Waals surface area contributed by atoms with Crippen molar-refractivity contribution in [3.05, 3.63) is 12.2 Å². The number of hydrogen-bond donors (Lipinski definition) is 1. The molecule has 0 aromatic carbocycles. The normalized spacial score (nSPS) is 13.0. The van der Waals surface area contributed by atoms with Crippen molar-refractivity contribution in [2.24, 2.45) is 7.05 Å². The van der Waals surface area contributed by atoms with E-state index in [-0.39, 0.29) is 0 Å². The van der Waals surface area contributed by atoms with E-state index in [1.54, 1.807) is 13.4 Å². The van der Waals surface area contributed by atoms with Crippen LogP contribution in [-0.4, -0.2) is 34.5 Å². The number of nitrogens with zero attached hydrogens (tertiary/aromatic N) is 3. The Balaban J connectivity index is 2.36. The zero-order chi connectivity index (χ0) is 11.1. The zero-order valence-electron chi connectivity index (χ0n) is 9.73. The minimum atomic E-state index is 0.400. The molecule has 0 spiro atoms. The van der Waals surface area contributed by atoms with E-state index >= 15 is 0 Å². The van der Waals surface area contributed by atoms with Gasteiger partial charge in [0.25, 0.3) is 0 Å². The van der Waals surface area contributed by atoms with E-state index in [9.17, 15) is 0 Å². The maximum Gasteiger partial charge on any atom is 0.146 e. The van der Waals surface area contributed by atoms with Crippen molar-refractivity contribution in [2.75, 3.05) is 13.7 Å². The highest BCUT2D eigenvalue weighted by atomic mass is 16.5. The van der Waals surface area contributed by atoms with Gasteiger partial charge in [-0.3, -0.25) is 0 Å². The van der Waals surface area contributed by atoms with Gasteiger partial charge in [0.1, 0.15) is 12.2 Å². The lowest BCUT2D eigenvalue weighted by molar-refractivity contribution is 0.161. The van der Waals surface area contributed by atoms with Crippen LogP contribution in [0.1, 0.15) is 25.6 Å². The second-order valence-electron chi connectivity index (χ2n) is 3.68. The Morgan fingerprint density at radius 2 is 2.40 bits per heavy atom. The molecule has 1 aromatic heterocycles. The Morgan fingerprint density at radius 3 is 2.93 bits per heavy atom. The molecule has 5 heteroatoms. The molecule has 1 N–H and O–H groups in total. The van der Waals surface area contributed by atoms with Gasteiger partial charge in [-0.25, -0.2) is 0 Å². The summed E-state index contributed by atoms with van der Waals surface area (Å²) in [5, 5.41) is 11.3. The van der Waals surface area contributed by atoms with Crippen molar-refractivity contribution in [1.82, 2.24) is 20.1 Å². The Bertz CT molecular complexity index is 268. The smallest absolute Gasteiger partial charge is 0.146 e. The van der Waals surface area contributed by atoms with Crippen molar-refractivity contribution in [1.29, 1.82) is 0 Å². The van der Waals surface area contributed by atoms with Gasteiger partial charge in [-0.1, -0.05) is 13.3 Å². The number of aromatic nitrogens is 3. The predicted molar refractivity (Wildman–Crippen MR) is 58.4 cm³/mol. The second kappa shape index (κ2) is 6.53. The van der Waals surface area contributed by atoms with Crippen LogP contribution in [0.25, 0.3) is 0 Å². The molecule has 0 saturated heterocycles. The van der Waals surface area contributed by atoms with Crippen LogP contribution in [0, 0.1) is 0 Å². The summed E-state index contributed by atoms with van der Waals surface area (Å²) in [6, 6.07) is 0.400. The topological polar surface area (TPSA) is 52.0 Å². The monoisotopic (exact) mass is 212 g/mol. The van der Waals surface area contributed by atoms with E-state index in [1.165, 1.54) is 0 Å². The Kier molecular flexibility index (Phi) is 5.28. The number of aryl methyl sites for hydroxylation is 1. The quantitative estimate of drug-likeness (QED) is 0.723. The first-order valence-corrected chi connectivity index (χ1v) is 5.33. The third-order valence-electron chi connectivity index (χ3n) is 2.36. The van der Waals surface area contributed by atoms with Gasteiger partial charge in [0.15, 0.2) is 0 Å². The lowest BCUT2D eigenvalue weighted by Crippen LogP contribution is -2.33. The van der Waals surface area contributed by atoms with E-state index in [4.69, 9.17) is 4.74 Å². The second-order valence-corrected chi connectivity index (χ2v) is 3.68. The van der Waals surface area contributed by atoms with E-state index in [0.717, 1.165) is 31.8 Å². The lowest BCUT2D eigenvalue weighted by Gasteiger charge is -2.16. The van der Waals surface area contributed by atoms with Crippen LogP contribution in [0.2, 0.25) is 0 Å². The number of methoxy groups -OCH3 is 1. The predicted octanol–water partition coefficient (Wildman–Crippen LogP) is 0.720. The third kappa shape index (κ3) is 3.97. The highest BCUT2D eigenvalue weighted by Gasteiger charge is 2.08. The molecule has 5 nitrogen and oxygen atoms in total. The highest BCUT2D eigenvalue weighted by Crippen LogP contribution is 1.99. The number of hydrogen-bond acceptors (Lipinski definition) is 4. The molecule has 0 saturated carbocycles. The molecule has 1 atom stereocenters. The van der Waals surface area contributed by atoms with Crippen LogP contribution in [0.15, 0.2) is 6.33 Å². The van der Waals surface area contributed by atoms with Crippen molar-refractivity contribution < 1.29 is 4.74 Å². The minimum absolute atomic E-state index is 0.400. The van der Waals surface area contributed by atoms with E-state index in [1.807, 2.05) is 11.6 Å². The zero-order valence-corrected chi connectivity index (χ0v) is 9.73. The number of ether oxygens (including phenoxy) is 1. The van der Waals surface area contributed by atoms with Crippen molar-refractivity contribution >= 4 is 0 Å². The van der Waals surface area contributed by atoms with Gasteiger partial charge in [-0.2, -0.15) is 0 Å². The summed E-state index contributed by atoms with van der Waals surface area (Å²) >= 11 is 0. The molecule has 15 heavy (non-hydrogen) atoms. The Labute approximate surface area is 90.8 Å². The largest absolute Gasteiger partial charge is 0.383 e. The Morgan fingerprint density at radius 1 is 1.60 bits per heavy atom. The summed E-state index contributed by atoms with van der Waals surface area (Å²) in [5.74, 6) is 0.951. The molecule has 0 amide bonds. The van der Waals surface area contributed by atoms with Gasteiger partial charge >= 0.3 is 0 Å². The maximum atomic E-state index is 5.15. The number of rotatable bonds is 7. The highest BCUT2D eigenvalue weighted by molar-refractivity contribution is 4.84. The first-order valence-electron chi connectivity index (χ1n) is 5.33. The fraction of sp³-hybridized carbons (Fsp3) is 0.800. The Hall–Kier alpha value is -0.940. The van der Waals surface area contributed by atoms with Gasteiger partial charge in [-0.05, 0) is 6.42 Å². The van der Waals surface area contributed by atoms with Crippen LogP contribution < -0.4 is 5.32 Å². The fourth-order valence-electron chi connectivity index (χ4n) is 1.50. The first-order chi connectivity index (χ1) is 7.27. The molecule has 0 aliphatic rings. The van der Waals surface area contributed by atoms with Gasteiger partial charge in [0.05, 0.1) is 13.2 Å². The molecule has 0 bridgehead atoms. The summed E-state index contributed by atoms with van der Waals surface area (Å²) in [6.45, 7) is 3.66. The van der Waals surface area contributed by atoms with Crippen LogP contribution >= 0.6 is 0 Å². The van der Waals surface area contributed by atoms with E-state index in [2.05, 4.69) is 22.4 Å². The van der Waals surface area contributed by atoms with Gasteiger partial charge < -0.3 is 14.6 Å². The van der Waals surface area contributed by atoms with E-state index < -0.39 is 0 Å². The van der Waals surface area contributed by atoms with Crippen LogP contribution in [0.4, 0.5) is 0 Å². The molecule has 1 unspecified atom stereocenters.